The lowest BCUT2D eigenvalue weighted by atomic mass is 9.98. The molecule has 1 nitrogen and oxygen atoms in total. The molecule has 2 aromatic rings. The van der Waals surface area contributed by atoms with E-state index in [9.17, 15) is 0 Å². The van der Waals surface area contributed by atoms with Crippen LogP contribution in [-0.2, 0) is 5.54 Å². The Labute approximate surface area is 114 Å². The van der Waals surface area contributed by atoms with Gasteiger partial charge in [-0.1, -0.05) is 48.0 Å². The Morgan fingerprint density at radius 3 is 2.17 bits per heavy atom. The molecule has 0 aromatic heterocycles. The SMILES string of the molecule is Cc1cccc(-c2cccc(C3(N)CC3)c2)c1.Cl. The Bertz CT molecular complexity index is 559. The van der Waals surface area contributed by atoms with Crippen LogP contribution in [0.3, 0.4) is 0 Å². The first-order valence-corrected chi connectivity index (χ1v) is 6.14. The second-order valence-corrected chi connectivity index (χ2v) is 5.11. The van der Waals surface area contributed by atoms with E-state index < -0.39 is 0 Å². The first-order valence-electron chi connectivity index (χ1n) is 6.14. The molecular weight excluding hydrogens is 242 g/mol. The molecule has 0 amide bonds. The van der Waals surface area contributed by atoms with E-state index in [2.05, 4.69) is 55.5 Å². The third kappa shape index (κ3) is 2.43. The molecule has 0 atom stereocenters. The zero-order valence-electron chi connectivity index (χ0n) is 10.5. The highest BCUT2D eigenvalue weighted by atomic mass is 35.5. The topological polar surface area (TPSA) is 26.0 Å². The Morgan fingerprint density at radius 1 is 0.944 bits per heavy atom. The molecule has 1 aliphatic rings. The molecule has 0 unspecified atom stereocenters. The van der Waals surface area contributed by atoms with Crippen LogP contribution >= 0.6 is 12.4 Å². The second kappa shape index (κ2) is 4.75. The summed E-state index contributed by atoms with van der Waals surface area (Å²) >= 11 is 0. The summed E-state index contributed by atoms with van der Waals surface area (Å²) in [5.74, 6) is 0. The predicted octanol–water partition coefficient (Wildman–Crippen LogP) is 4.03. The lowest BCUT2D eigenvalue weighted by Crippen LogP contribution is -2.18. The molecule has 1 aliphatic carbocycles. The molecule has 0 radical (unpaired) electrons. The van der Waals surface area contributed by atoms with Crippen LogP contribution < -0.4 is 5.73 Å². The maximum absolute atomic E-state index is 6.24. The standard InChI is InChI=1S/C16H17N.ClH/c1-12-4-2-5-13(10-12)14-6-3-7-15(11-14)16(17)8-9-16;/h2-7,10-11H,8-9,17H2,1H3;1H. The number of benzene rings is 2. The molecule has 3 rings (SSSR count). The van der Waals surface area contributed by atoms with Crippen molar-refractivity contribution in [2.24, 2.45) is 5.73 Å². The Morgan fingerprint density at radius 2 is 1.56 bits per heavy atom. The average molecular weight is 260 g/mol. The van der Waals surface area contributed by atoms with Gasteiger partial charge in [0.1, 0.15) is 0 Å². The van der Waals surface area contributed by atoms with Crippen molar-refractivity contribution < 1.29 is 0 Å². The Hall–Kier alpha value is -1.31. The number of rotatable bonds is 2. The summed E-state index contributed by atoms with van der Waals surface area (Å²) in [7, 11) is 0. The summed E-state index contributed by atoms with van der Waals surface area (Å²) in [6.45, 7) is 2.12. The van der Waals surface area contributed by atoms with E-state index in [1.165, 1.54) is 22.3 Å². The molecule has 2 heteroatoms. The number of hydrogen-bond acceptors (Lipinski definition) is 1. The quantitative estimate of drug-likeness (QED) is 0.866. The largest absolute Gasteiger partial charge is 0.321 e. The molecule has 0 spiro atoms. The smallest absolute Gasteiger partial charge is 0.0411 e. The van der Waals surface area contributed by atoms with E-state index in [1.54, 1.807) is 0 Å². The van der Waals surface area contributed by atoms with Crippen LogP contribution in [-0.4, -0.2) is 0 Å². The highest BCUT2D eigenvalue weighted by Crippen LogP contribution is 2.43. The van der Waals surface area contributed by atoms with Crippen molar-refractivity contribution in [3.8, 4) is 11.1 Å². The van der Waals surface area contributed by atoms with Crippen molar-refractivity contribution in [1.29, 1.82) is 0 Å². The fourth-order valence-electron chi connectivity index (χ4n) is 2.26. The van der Waals surface area contributed by atoms with Crippen LogP contribution in [0.15, 0.2) is 48.5 Å². The minimum Gasteiger partial charge on any atom is -0.321 e. The van der Waals surface area contributed by atoms with Crippen LogP contribution in [0.4, 0.5) is 0 Å². The summed E-state index contributed by atoms with van der Waals surface area (Å²) in [4.78, 5) is 0. The van der Waals surface area contributed by atoms with E-state index in [0.29, 0.717) is 0 Å². The summed E-state index contributed by atoms with van der Waals surface area (Å²) in [5, 5.41) is 0. The fourth-order valence-corrected chi connectivity index (χ4v) is 2.26. The second-order valence-electron chi connectivity index (χ2n) is 5.11. The number of halogens is 1. The molecule has 0 heterocycles. The zero-order chi connectivity index (χ0) is 11.9. The third-order valence-corrected chi connectivity index (χ3v) is 3.58. The van der Waals surface area contributed by atoms with E-state index in [1.807, 2.05) is 0 Å². The third-order valence-electron chi connectivity index (χ3n) is 3.58. The summed E-state index contributed by atoms with van der Waals surface area (Å²) in [6, 6.07) is 17.3. The van der Waals surface area contributed by atoms with Gasteiger partial charge in [0.15, 0.2) is 0 Å². The molecule has 0 saturated heterocycles. The lowest BCUT2D eigenvalue weighted by Gasteiger charge is -2.11. The van der Waals surface area contributed by atoms with Gasteiger partial charge < -0.3 is 5.73 Å². The molecule has 1 fully saturated rings. The van der Waals surface area contributed by atoms with Crippen LogP contribution in [0, 0.1) is 6.92 Å². The van der Waals surface area contributed by atoms with Crippen LogP contribution in [0.1, 0.15) is 24.0 Å². The van der Waals surface area contributed by atoms with Crippen molar-refractivity contribution >= 4 is 12.4 Å². The highest BCUT2D eigenvalue weighted by molar-refractivity contribution is 5.85. The van der Waals surface area contributed by atoms with Gasteiger partial charge in [-0.25, -0.2) is 0 Å². The lowest BCUT2D eigenvalue weighted by molar-refractivity contribution is 0.740. The van der Waals surface area contributed by atoms with Gasteiger partial charge in [-0.2, -0.15) is 0 Å². The molecule has 2 aromatic carbocycles. The maximum Gasteiger partial charge on any atom is 0.0411 e. The minimum atomic E-state index is -0.0418. The summed E-state index contributed by atoms with van der Waals surface area (Å²) < 4.78 is 0. The molecule has 0 aliphatic heterocycles. The summed E-state index contributed by atoms with van der Waals surface area (Å²) in [5.41, 5.74) is 11.3. The fraction of sp³-hybridized carbons (Fsp3) is 0.250. The first-order chi connectivity index (χ1) is 8.17. The normalized spacial score (nSPS) is 15.9. The van der Waals surface area contributed by atoms with Crippen LogP contribution in [0.5, 0.6) is 0 Å². The number of nitrogens with two attached hydrogens (primary N) is 1. The first kappa shape index (κ1) is 13.1. The van der Waals surface area contributed by atoms with Gasteiger partial charge in [0.2, 0.25) is 0 Å². The molecule has 1 saturated carbocycles. The van der Waals surface area contributed by atoms with Gasteiger partial charge in [0, 0.05) is 5.54 Å². The van der Waals surface area contributed by atoms with Gasteiger partial charge >= 0.3 is 0 Å². The van der Waals surface area contributed by atoms with Crippen LogP contribution in [0.2, 0.25) is 0 Å². The van der Waals surface area contributed by atoms with Crippen molar-refractivity contribution in [2.45, 2.75) is 25.3 Å². The summed E-state index contributed by atoms with van der Waals surface area (Å²) in [6.07, 6.45) is 2.23. The highest BCUT2D eigenvalue weighted by Gasteiger charge is 2.39. The molecular formula is C16H18ClN. The Balaban J connectivity index is 0.00000120. The van der Waals surface area contributed by atoms with Crippen molar-refractivity contribution in [2.75, 3.05) is 0 Å². The van der Waals surface area contributed by atoms with E-state index in [4.69, 9.17) is 5.73 Å². The number of hydrogen-bond donors (Lipinski definition) is 1. The molecule has 94 valence electrons. The average Bonchev–Trinajstić information content (AvgIpc) is 3.09. The van der Waals surface area contributed by atoms with E-state index >= 15 is 0 Å². The van der Waals surface area contributed by atoms with Crippen LogP contribution in [0.25, 0.3) is 11.1 Å². The predicted molar refractivity (Wildman–Crippen MR) is 79.0 cm³/mol. The Kier molecular flexibility index (Phi) is 3.47. The van der Waals surface area contributed by atoms with Crippen molar-refractivity contribution in [1.82, 2.24) is 0 Å². The van der Waals surface area contributed by atoms with Gasteiger partial charge in [-0.3, -0.25) is 0 Å². The monoisotopic (exact) mass is 259 g/mol. The zero-order valence-corrected chi connectivity index (χ0v) is 11.3. The van der Waals surface area contributed by atoms with Gasteiger partial charge in [0.25, 0.3) is 0 Å². The van der Waals surface area contributed by atoms with Gasteiger partial charge in [0.05, 0.1) is 0 Å². The molecule has 18 heavy (non-hydrogen) atoms. The molecule has 2 N–H and O–H groups in total. The van der Waals surface area contributed by atoms with Crippen molar-refractivity contribution in [3.05, 3.63) is 59.7 Å². The van der Waals surface area contributed by atoms with E-state index in [0.717, 1.165) is 12.8 Å². The van der Waals surface area contributed by atoms with Gasteiger partial charge in [-0.15, -0.1) is 12.4 Å². The molecule has 0 bridgehead atoms. The minimum absolute atomic E-state index is 0. The maximum atomic E-state index is 6.24. The number of aryl methyl sites for hydroxylation is 1. The van der Waals surface area contributed by atoms with E-state index in [-0.39, 0.29) is 17.9 Å². The van der Waals surface area contributed by atoms with Gasteiger partial charge in [-0.05, 0) is 42.5 Å². The van der Waals surface area contributed by atoms with Crippen molar-refractivity contribution in [3.63, 3.8) is 0 Å².